The molecule has 0 saturated carbocycles. The molecular formula is C14H23N5O. The summed E-state index contributed by atoms with van der Waals surface area (Å²) in [6, 6.07) is 0. The third kappa shape index (κ3) is 2.85. The number of aryl methyl sites for hydroxylation is 1. The van der Waals surface area contributed by atoms with E-state index < -0.39 is 0 Å². The van der Waals surface area contributed by atoms with E-state index in [-0.39, 0.29) is 6.10 Å². The fraction of sp³-hybridized carbons (Fsp3) is 0.786. The van der Waals surface area contributed by atoms with Crippen molar-refractivity contribution < 1.29 is 4.84 Å². The van der Waals surface area contributed by atoms with Crippen LogP contribution in [0.15, 0.2) is 11.5 Å². The van der Waals surface area contributed by atoms with Crippen LogP contribution in [0.1, 0.15) is 44.3 Å². The van der Waals surface area contributed by atoms with E-state index in [1.54, 1.807) is 6.33 Å². The molecule has 1 fully saturated rings. The zero-order valence-electron chi connectivity index (χ0n) is 12.3. The highest BCUT2D eigenvalue weighted by Gasteiger charge is 2.27. The van der Waals surface area contributed by atoms with E-state index in [4.69, 9.17) is 4.84 Å². The van der Waals surface area contributed by atoms with E-state index in [9.17, 15) is 0 Å². The van der Waals surface area contributed by atoms with Crippen molar-refractivity contribution in [3.8, 4) is 0 Å². The van der Waals surface area contributed by atoms with Gasteiger partial charge in [-0.3, -0.25) is 4.90 Å². The number of nitrogens with zero attached hydrogens (tertiary/aromatic N) is 5. The average Bonchev–Trinajstić information content (AvgIpc) is 3.09. The molecule has 0 bridgehead atoms. The molecule has 0 aliphatic carbocycles. The van der Waals surface area contributed by atoms with Crippen LogP contribution in [0.5, 0.6) is 0 Å². The van der Waals surface area contributed by atoms with Crippen LogP contribution in [0.4, 0.5) is 0 Å². The molecule has 2 aliphatic rings. The van der Waals surface area contributed by atoms with Crippen LogP contribution in [0, 0.1) is 0 Å². The highest BCUT2D eigenvalue weighted by Crippen LogP contribution is 2.26. The van der Waals surface area contributed by atoms with Gasteiger partial charge in [-0.1, -0.05) is 12.1 Å². The van der Waals surface area contributed by atoms with Gasteiger partial charge in [0.2, 0.25) is 0 Å². The second-order valence-corrected chi connectivity index (χ2v) is 5.82. The average molecular weight is 277 g/mol. The largest absolute Gasteiger partial charge is 0.391 e. The Kier molecular flexibility index (Phi) is 4.00. The van der Waals surface area contributed by atoms with Crippen molar-refractivity contribution in [3.63, 3.8) is 0 Å². The topological polar surface area (TPSA) is 55.5 Å². The first-order chi connectivity index (χ1) is 9.76. The number of hydrogen-bond acceptors (Lipinski definition) is 5. The van der Waals surface area contributed by atoms with Crippen molar-refractivity contribution in [2.75, 3.05) is 19.6 Å². The lowest BCUT2D eigenvalue weighted by Crippen LogP contribution is -2.38. The van der Waals surface area contributed by atoms with E-state index in [1.807, 2.05) is 11.6 Å². The molecule has 1 aromatic rings. The van der Waals surface area contributed by atoms with Crippen molar-refractivity contribution in [2.24, 2.45) is 12.2 Å². The minimum Gasteiger partial charge on any atom is -0.391 e. The van der Waals surface area contributed by atoms with Crippen molar-refractivity contribution in [3.05, 3.63) is 12.2 Å². The molecule has 2 aliphatic heterocycles. The lowest BCUT2D eigenvalue weighted by atomic mass is 9.95. The summed E-state index contributed by atoms with van der Waals surface area (Å²) >= 11 is 0. The monoisotopic (exact) mass is 277 g/mol. The summed E-state index contributed by atoms with van der Waals surface area (Å²) in [5.74, 6) is 1.67. The van der Waals surface area contributed by atoms with Crippen molar-refractivity contribution in [1.82, 2.24) is 19.7 Å². The zero-order valence-corrected chi connectivity index (χ0v) is 12.3. The van der Waals surface area contributed by atoms with E-state index in [0.29, 0.717) is 5.92 Å². The smallest absolute Gasteiger partial charge is 0.145 e. The third-order valence-corrected chi connectivity index (χ3v) is 4.36. The first kappa shape index (κ1) is 13.5. The SMILES string of the molecule is CCC1=NO[C@@H](CN2CCC(c3nncn3C)CC2)C1. The third-order valence-electron chi connectivity index (χ3n) is 4.36. The van der Waals surface area contributed by atoms with Gasteiger partial charge in [-0.2, -0.15) is 0 Å². The maximum Gasteiger partial charge on any atom is 0.145 e. The molecule has 3 rings (SSSR count). The van der Waals surface area contributed by atoms with Gasteiger partial charge in [0.05, 0.1) is 5.71 Å². The minimum absolute atomic E-state index is 0.260. The molecule has 6 heteroatoms. The van der Waals surface area contributed by atoms with Crippen LogP contribution in [0.3, 0.4) is 0 Å². The number of rotatable bonds is 4. The maximum absolute atomic E-state index is 5.50. The Morgan fingerprint density at radius 1 is 1.35 bits per heavy atom. The summed E-state index contributed by atoms with van der Waals surface area (Å²) in [5, 5.41) is 12.4. The molecule has 1 atom stereocenters. The highest BCUT2D eigenvalue weighted by molar-refractivity contribution is 5.85. The van der Waals surface area contributed by atoms with Gasteiger partial charge >= 0.3 is 0 Å². The lowest BCUT2D eigenvalue weighted by Gasteiger charge is -2.32. The van der Waals surface area contributed by atoms with Crippen molar-refractivity contribution in [1.29, 1.82) is 0 Å². The molecule has 110 valence electrons. The van der Waals surface area contributed by atoms with Crippen molar-refractivity contribution >= 4 is 5.71 Å². The Morgan fingerprint density at radius 3 is 2.75 bits per heavy atom. The normalized spacial score (nSPS) is 24.7. The van der Waals surface area contributed by atoms with Crippen LogP contribution < -0.4 is 0 Å². The van der Waals surface area contributed by atoms with Gasteiger partial charge in [-0.25, -0.2) is 0 Å². The number of aromatic nitrogens is 3. The number of oxime groups is 1. The first-order valence-corrected chi connectivity index (χ1v) is 7.54. The second-order valence-electron chi connectivity index (χ2n) is 5.82. The van der Waals surface area contributed by atoms with E-state index in [0.717, 1.165) is 51.1 Å². The summed E-state index contributed by atoms with van der Waals surface area (Å²) in [7, 11) is 2.03. The lowest BCUT2D eigenvalue weighted by molar-refractivity contribution is 0.0450. The van der Waals surface area contributed by atoms with E-state index in [1.165, 1.54) is 5.71 Å². The predicted octanol–water partition coefficient (Wildman–Crippen LogP) is 1.55. The Morgan fingerprint density at radius 2 is 2.15 bits per heavy atom. The Labute approximate surface area is 119 Å². The van der Waals surface area contributed by atoms with Crippen LogP contribution in [-0.2, 0) is 11.9 Å². The summed E-state index contributed by atoms with van der Waals surface area (Å²) in [4.78, 5) is 7.99. The molecule has 20 heavy (non-hydrogen) atoms. The van der Waals surface area contributed by atoms with Crippen molar-refractivity contribution in [2.45, 2.75) is 44.6 Å². The Balaban J connectivity index is 1.46. The minimum atomic E-state index is 0.260. The molecule has 3 heterocycles. The summed E-state index contributed by atoms with van der Waals surface area (Å²) in [6.45, 7) is 5.35. The molecule has 1 saturated heterocycles. The van der Waals surface area contributed by atoms with Gasteiger partial charge in [-0.15, -0.1) is 10.2 Å². The molecule has 0 radical (unpaired) electrons. The quantitative estimate of drug-likeness (QED) is 0.838. The van der Waals surface area contributed by atoms with Gasteiger partial charge in [0.1, 0.15) is 18.3 Å². The maximum atomic E-state index is 5.50. The van der Waals surface area contributed by atoms with Gasteiger partial charge in [0.15, 0.2) is 0 Å². The molecule has 0 unspecified atom stereocenters. The Bertz CT molecular complexity index is 476. The zero-order chi connectivity index (χ0) is 13.9. The van der Waals surface area contributed by atoms with Crippen LogP contribution in [0.25, 0.3) is 0 Å². The Hall–Kier alpha value is -1.43. The van der Waals surface area contributed by atoms with E-state index in [2.05, 4.69) is 27.2 Å². The van der Waals surface area contributed by atoms with Gasteiger partial charge in [-0.05, 0) is 32.4 Å². The van der Waals surface area contributed by atoms with E-state index >= 15 is 0 Å². The molecule has 1 aromatic heterocycles. The van der Waals surface area contributed by atoms with Crippen LogP contribution >= 0.6 is 0 Å². The van der Waals surface area contributed by atoms with Gasteiger partial charge in [0.25, 0.3) is 0 Å². The summed E-state index contributed by atoms with van der Waals surface area (Å²) in [5.41, 5.74) is 1.20. The molecular weight excluding hydrogens is 254 g/mol. The first-order valence-electron chi connectivity index (χ1n) is 7.54. The molecule has 6 nitrogen and oxygen atoms in total. The van der Waals surface area contributed by atoms with Crippen LogP contribution in [0.2, 0.25) is 0 Å². The predicted molar refractivity (Wildman–Crippen MR) is 76.6 cm³/mol. The standard InChI is InChI=1S/C14H23N5O/c1-3-12-8-13(20-17-12)9-19-6-4-11(5-7-19)14-16-15-10-18(14)2/h10-11,13H,3-9H2,1-2H3/t13-/m1/s1. The fourth-order valence-corrected chi connectivity index (χ4v) is 3.12. The number of hydrogen-bond donors (Lipinski definition) is 0. The molecule has 0 aromatic carbocycles. The summed E-state index contributed by atoms with van der Waals surface area (Å²) in [6.07, 6.45) is 6.36. The molecule has 0 N–H and O–H groups in total. The van der Waals surface area contributed by atoms with Gasteiger partial charge < -0.3 is 9.40 Å². The number of piperidine rings is 1. The fourth-order valence-electron chi connectivity index (χ4n) is 3.12. The van der Waals surface area contributed by atoms with Crippen LogP contribution in [-0.4, -0.2) is 51.1 Å². The highest BCUT2D eigenvalue weighted by atomic mass is 16.6. The van der Waals surface area contributed by atoms with Gasteiger partial charge in [0, 0.05) is 25.9 Å². The number of likely N-dealkylation sites (tertiary alicyclic amines) is 1. The molecule has 0 amide bonds. The summed E-state index contributed by atoms with van der Waals surface area (Å²) < 4.78 is 2.04. The molecule has 0 spiro atoms. The second kappa shape index (κ2) is 5.91.